The van der Waals surface area contributed by atoms with Gasteiger partial charge in [0, 0.05) is 5.69 Å². The largest absolute Gasteiger partial charge is 0.507 e. The predicted octanol–water partition coefficient (Wildman–Crippen LogP) is 1.05. The molecule has 0 radical (unpaired) electrons. The van der Waals surface area contributed by atoms with E-state index in [2.05, 4.69) is 0 Å². The molecule has 1 aromatic rings. The molecule has 4 heteroatoms. The molecule has 0 aliphatic rings. The minimum atomic E-state index is -0.329. The summed E-state index contributed by atoms with van der Waals surface area (Å²) in [5.74, 6) is -0.549. The molecule has 0 aliphatic heterocycles. The maximum absolute atomic E-state index is 11.1. The molecule has 3 N–H and O–H groups in total. The van der Waals surface area contributed by atoms with E-state index >= 15 is 0 Å². The molecular formula is C9H8N2O2. The number of Topliss-reactive ketones (excluding diaryl/α,β-unsaturated/α-hetero) is 1. The molecule has 0 fully saturated rings. The number of nitrogens with two attached hydrogens (primary N) is 1. The Kier molecular flexibility index (Phi) is 2.20. The zero-order valence-electron chi connectivity index (χ0n) is 7.03. The van der Waals surface area contributed by atoms with Crippen LogP contribution in [0.3, 0.4) is 0 Å². The second-order valence-electron chi connectivity index (χ2n) is 2.59. The highest BCUT2D eigenvalue weighted by atomic mass is 16.3. The first-order valence-electron chi connectivity index (χ1n) is 3.60. The van der Waals surface area contributed by atoms with Crippen molar-refractivity contribution in [2.45, 2.75) is 6.92 Å². The standard InChI is InChI=1S/C9H8N2O2/c1-5(12)9-6(4-10)8(13)3-2-7(9)11/h2-3,13H,11H2,1H3. The van der Waals surface area contributed by atoms with Gasteiger partial charge in [0.2, 0.25) is 0 Å². The van der Waals surface area contributed by atoms with Crippen molar-refractivity contribution >= 4 is 11.5 Å². The maximum atomic E-state index is 11.1. The van der Waals surface area contributed by atoms with Crippen LogP contribution in [0.5, 0.6) is 5.75 Å². The van der Waals surface area contributed by atoms with Gasteiger partial charge in [-0.1, -0.05) is 0 Å². The smallest absolute Gasteiger partial charge is 0.163 e. The van der Waals surface area contributed by atoms with Crippen LogP contribution in [-0.4, -0.2) is 10.9 Å². The number of phenols is 1. The van der Waals surface area contributed by atoms with Gasteiger partial charge < -0.3 is 10.8 Å². The average molecular weight is 176 g/mol. The van der Waals surface area contributed by atoms with Crippen LogP contribution in [0.25, 0.3) is 0 Å². The van der Waals surface area contributed by atoms with Crippen LogP contribution in [0.1, 0.15) is 22.8 Å². The van der Waals surface area contributed by atoms with E-state index in [1.54, 1.807) is 6.07 Å². The van der Waals surface area contributed by atoms with Crippen molar-refractivity contribution in [3.63, 3.8) is 0 Å². The zero-order chi connectivity index (χ0) is 10.0. The average Bonchev–Trinajstić information content (AvgIpc) is 2.07. The fourth-order valence-electron chi connectivity index (χ4n) is 1.10. The van der Waals surface area contributed by atoms with E-state index in [1.807, 2.05) is 0 Å². The van der Waals surface area contributed by atoms with Gasteiger partial charge in [0.15, 0.2) is 5.78 Å². The van der Waals surface area contributed by atoms with Crippen molar-refractivity contribution < 1.29 is 9.90 Å². The molecule has 0 saturated heterocycles. The van der Waals surface area contributed by atoms with E-state index in [0.717, 1.165) is 0 Å². The SMILES string of the molecule is CC(=O)c1c(N)ccc(O)c1C#N. The minimum Gasteiger partial charge on any atom is -0.507 e. The van der Waals surface area contributed by atoms with E-state index in [0.29, 0.717) is 0 Å². The zero-order valence-corrected chi connectivity index (χ0v) is 7.03. The first-order chi connectivity index (χ1) is 6.07. The van der Waals surface area contributed by atoms with Gasteiger partial charge in [0.25, 0.3) is 0 Å². The summed E-state index contributed by atoms with van der Waals surface area (Å²) in [6, 6.07) is 4.42. The fraction of sp³-hybridized carbons (Fsp3) is 0.111. The van der Waals surface area contributed by atoms with E-state index in [4.69, 9.17) is 11.0 Å². The summed E-state index contributed by atoms with van der Waals surface area (Å²) < 4.78 is 0. The number of phenolic OH excluding ortho intramolecular Hbond substituents is 1. The topological polar surface area (TPSA) is 87.1 Å². The number of nitrogens with zero attached hydrogens (tertiary/aromatic N) is 1. The van der Waals surface area contributed by atoms with E-state index in [-0.39, 0.29) is 28.3 Å². The molecule has 0 unspecified atom stereocenters. The van der Waals surface area contributed by atoms with E-state index in [9.17, 15) is 9.90 Å². The summed E-state index contributed by atoms with van der Waals surface area (Å²) >= 11 is 0. The monoisotopic (exact) mass is 176 g/mol. The lowest BCUT2D eigenvalue weighted by Crippen LogP contribution is -2.02. The number of anilines is 1. The molecule has 0 aliphatic carbocycles. The van der Waals surface area contributed by atoms with Crippen molar-refractivity contribution in [1.29, 1.82) is 5.26 Å². The number of carbonyl (C=O) groups excluding carboxylic acids is 1. The van der Waals surface area contributed by atoms with E-state index in [1.165, 1.54) is 19.1 Å². The van der Waals surface area contributed by atoms with Gasteiger partial charge in [-0.15, -0.1) is 0 Å². The van der Waals surface area contributed by atoms with Crippen molar-refractivity contribution in [1.82, 2.24) is 0 Å². The van der Waals surface area contributed by atoms with Gasteiger partial charge >= 0.3 is 0 Å². The van der Waals surface area contributed by atoms with Crippen LogP contribution < -0.4 is 5.73 Å². The van der Waals surface area contributed by atoms with Crippen LogP contribution >= 0.6 is 0 Å². The number of aromatic hydroxyl groups is 1. The Labute approximate surface area is 75.2 Å². The Hall–Kier alpha value is -2.02. The summed E-state index contributed by atoms with van der Waals surface area (Å²) in [6.45, 7) is 1.30. The number of nitrogen functional groups attached to an aromatic ring is 1. The molecular weight excluding hydrogens is 168 g/mol. The Bertz CT molecular complexity index is 405. The molecule has 4 nitrogen and oxygen atoms in total. The molecule has 66 valence electrons. The number of hydrogen-bond acceptors (Lipinski definition) is 4. The first kappa shape index (κ1) is 9.07. The second-order valence-corrected chi connectivity index (χ2v) is 2.59. The molecule has 1 rings (SSSR count). The van der Waals surface area contributed by atoms with Gasteiger partial charge in [-0.2, -0.15) is 5.26 Å². The molecule has 0 saturated carbocycles. The number of hydrogen-bond donors (Lipinski definition) is 2. The first-order valence-corrected chi connectivity index (χ1v) is 3.60. The summed E-state index contributed by atoms with van der Waals surface area (Å²) in [7, 11) is 0. The second kappa shape index (κ2) is 3.15. The van der Waals surface area contributed by atoms with Crippen LogP contribution in [-0.2, 0) is 0 Å². The molecule has 0 heterocycles. The maximum Gasteiger partial charge on any atom is 0.163 e. The van der Waals surface area contributed by atoms with Crippen LogP contribution in [0.15, 0.2) is 12.1 Å². The molecule has 1 aromatic carbocycles. The van der Waals surface area contributed by atoms with Gasteiger partial charge in [-0.25, -0.2) is 0 Å². The number of nitriles is 1. The third-order valence-corrected chi connectivity index (χ3v) is 1.68. The van der Waals surface area contributed by atoms with E-state index < -0.39 is 0 Å². The van der Waals surface area contributed by atoms with Gasteiger partial charge in [-0.05, 0) is 19.1 Å². The Morgan fingerprint density at radius 2 is 2.23 bits per heavy atom. The number of rotatable bonds is 1. The summed E-state index contributed by atoms with van der Waals surface area (Å²) in [6.07, 6.45) is 0. The lowest BCUT2D eigenvalue weighted by atomic mass is 10.0. The van der Waals surface area contributed by atoms with Crippen molar-refractivity contribution in [3.8, 4) is 11.8 Å². The quantitative estimate of drug-likeness (QED) is 0.380. The Morgan fingerprint density at radius 3 is 2.62 bits per heavy atom. The molecule has 0 amide bonds. The van der Waals surface area contributed by atoms with Crippen LogP contribution in [0.2, 0.25) is 0 Å². The van der Waals surface area contributed by atoms with Crippen LogP contribution in [0.4, 0.5) is 5.69 Å². The number of carbonyl (C=O) groups is 1. The fourth-order valence-corrected chi connectivity index (χ4v) is 1.10. The summed E-state index contributed by atoms with van der Waals surface area (Å²) in [5.41, 5.74) is 5.72. The highest BCUT2D eigenvalue weighted by Gasteiger charge is 2.14. The van der Waals surface area contributed by atoms with Crippen molar-refractivity contribution in [2.24, 2.45) is 0 Å². The minimum absolute atomic E-state index is 0.0625. The van der Waals surface area contributed by atoms with Crippen molar-refractivity contribution in [2.75, 3.05) is 5.73 Å². The Morgan fingerprint density at radius 1 is 1.62 bits per heavy atom. The number of benzene rings is 1. The molecule has 0 atom stereocenters. The predicted molar refractivity (Wildman–Crippen MR) is 47.2 cm³/mol. The molecule has 0 bridgehead atoms. The molecule has 0 spiro atoms. The molecule has 13 heavy (non-hydrogen) atoms. The third-order valence-electron chi connectivity index (χ3n) is 1.68. The van der Waals surface area contributed by atoms with Gasteiger partial charge in [0.1, 0.15) is 17.4 Å². The lowest BCUT2D eigenvalue weighted by molar-refractivity contribution is 0.101. The highest BCUT2D eigenvalue weighted by Crippen LogP contribution is 2.25. The van der Waals surface area contributed by atoms with Crippen molar-refractivity contribution in [3.05, 3.63) is 23.3 Å². The molecule has 0 aromatic heterocycles. The Balaban J connectivity index is 3.55. The van der Waals surface area contributed by atoms with Gasteiger partial charge in [-0.3, -0.25) is 4.79 Å². The third kappa shape index (κ3) is 1.44. The van der Waals surface area contributed by atoms with Gasteiger partial charge in [0.05, 0.1) is 5.56 Å². The van der Waals surface area contributed by atoms with Crippen LogP contribution in [0, 0.1) is 11.3 Å². The normalized spacial score (nSPS) is 9.23. The highest BCUT2D eigenvalue weighted by molar-refractivity contribution is 6.02. The summed E-state index contributed by atoms with van der Waals surface area (Å²) in [4.78, 5) is 11.1. The number of ketones is 1. The summed E-state index contributed by atoms with van der Waals surface area (Å²) in [5, 5.41) is 17.9. The lowest BCUT2D eigenvalue weighted by Gasteiger charge is -2.04.